The number of carbonyl (C=O) groups is 1. The summed E-state index contributed by atoms with van der Waals surface area (Å²) < 4.78 is 4.98. The fourth-order valence-electron chi connectivity index (χ4n) is 1.63. The molecular weight excluding hydrogens is 216 g/mol. The van der Waals surface area contributed by atoms with Crippen LogP contribution < -0.4 is 5.73 Å². The average molecular weight is 236 g/mol. The van der Waals surface area contributed by atoms with E-state index >= 15 is 0 Å². The summed E-state index contributed by atoms with van der Waals surface area (Å²) >= 11 is 0. The highest BCUT2D eigenvalue weighted by atomic mass is 16.5. The van der Waals surface area contributed by atoms with E-state index in [1.165, 1.54) is 0 Å². The minimum Gasteiger partial charge on any atom is -0.398 e. The first-order valence-corrected chi connectivity index (χ1v) is 5.79. The molecule has 0 atom stereocenters. The normalized spacial score (nSPS) is 10.2. The molecule has 94 valence electrons. The minimum absolute atomic E-state index is 0.0856. The van der Waals surface area contributed by atoms with Crippen molar-refractivity contribution in [3.05, 3.63) is 29.8 Å². The van der Waals surface area contributed by atoms with Crippen LogP contribution >= 0.6 is 0 Å². The van der Waals surface area contributed by atoms with Gasteiger partial charge in [0.25, 0.3) is 0 Å². The van der Waals surface area contributed by atoms with E-state index in [9.17, 15) is 4.79 Å². The molecule has 1 amide bonds. The molecule has 0 heterocycles. The van der Waals surface area contributed by atoms with E-state index in [0.717, 1.165) is 5.56 Å². The largest absolute Gasteiger partial charge is 0.398 e. The number of hydrogen-bond acceptors (Lipinski definition) is 3. The third-order valence-corrected chi connectivity index (χ3v) is 2.70. The summed E-state index contributed by atoms with van der Waals surface area (Å²) in [6, 6.07) is 7.46. The number of methoxy groups -OCH3 is 1. The van der Waals surface area contributed by atoms with Crippen molar-refractivity contribution in [2.75, 3.05) is 32.5 Å². The number of anilines is 1. The van der Waals surface area contributed by atoms with Gasteiger partial charge in [-0.3, -0.25) is 4.79 Å². The molecule has 0 aromatic heterocycles. The van der Waals surface area contributed by atoms with Crippen molar-refractivity contribution in [1.82, 2.24) is 4.90 Å². The van der Waals surface area contributed by atoms with Crippen molar-refractivity contribution >= 4 is 11.6 Å². The van der Waals surface area contributed by atoms with Crippen LogP contribution in [0.5, 0.6) is 0 Å². The Morgan fingerprint density at radius 2 is 2.12 bits per heavy atom. The Kier molecular flexibility index (Phi) is 5.49. The molecule has 0 aliphatic rings. The van der Waals surface area contributed by atoms with E-state index in [1.54, 1.807) is 12.0 Å². The Morgan fingerprint density at radius 3 is 2.71 bits per heavy atom. The lowest BCUT2D eigenvalue weighted by atomic mass is 10.1. The third-order valence-electron chi connectivity index (χ3n) is 2.70. The number of nitrogens with zero attached hydrogens (tertiary/aromatic N) is 1. The summed E-state index contributed by atoms with van der Waals surface area (Å²) in [5.41, 5.74) is 7.37. The van der Waals surface area contributed by atoms with Crippen molar-refractivity contribution < 1.29 is 9.53 Å². The lowest BCUT2D eigenvalue weighted by Crippen LogP contribution is -2.34. The average Bonchev–Trinajstić information content (AvgIpc) is 2.33. The highest BCUT2D eigenvalue weighted by molar-refractivity contribution is 5.80. The number of amides is 1. The quantitative estimate of drug-likeness (QED) is 0.758. The molecule has 0 saturated carbocycles. The maximum absolute atomic E-state index is 12.0. The summed E-state index contributed by atoms with van der Waals surface area (Å²) in [4.78, 5) is 13.8. The Bertz CT molecular complexity index is 366. The monoisotopic (exact) mass is 236 g/mol. The first-order chi connectivity index (χ1) is 8.19. The predicted molar refractivity (Wildman–Crippen MR) is 68.7 cm³/mol. The molecule has 2 N–H and O–H groups in total. The fraction of sp³-hybridized carbons (Fsp3) is 0.462. The molecule has 0 saturated heterocycles. The maximum atomic E-state index is 12.0. The number of ether oxygens (including phenoxy) is 1. The Hall–Kier alpha value is -1.55. The van der Waals surface area contributed by atoms with Gasteiger partial charge < -0.3 is 15.4 Å². The zero-order valence-electron chi connectivity index (χ0n) is 10.5. The van der Waals surface area contributed by atoms with E-state index in [0.29, 0.717) is 31.8 Å². The Balaban J connectivity index is 2.61. The third kappa shape index (κ3) is 4.07. The van der Waals surface area contributed by atoms with Crippen molar-refractivity contribution in [2.24, 2.45) is 0 Å². The number of nitrogen functional groups attached to an aromatic ring is 1. The van der Waals surface area contributed by atoms with Gasteiger partial charge in [0.1, 0.15) is 0 Å². The van der Waals surface area contributed by atoms with Gasteiger partial charge in [-0.15, -0.1) is 0 Å². The molecule has 0 spiro atoms. The second-order valence-electron chi connectivity index (χ2n) is 3.84. The van der Waals surface area contributed by atoms with Gasteiger partial charge in [0.05, 0.1) is 13.0 Å². The summed E-state index contributed by atoms with van der Waals surface area (Å²) in [5.74, 6) is 0.0856. The van der Waals surface area contributed by atoms with Gasteiger partial charge in [-0.1, -0.05) is 18.2 Å². The number of rotatable bonds is 6. The van der Waals surface area contributed by atoms with Crippen LogP contribution in [0.25, 0.3) is 0 Å². The van der Waals surface area contributed by atoms with Crippen LogP contribution in [0.3, 0.4) is 0 Å². The van der Waals surface area contributed by atoms with Crippen LogP contribution in [0.2, 0.25) is 0 Å². The fourth-order valence-corrected chi connectivity index (χ4v) is 1.63. The van der Waals surface area contributed by atoms with Gasteiger partial charge in [-0.05, 0) is 18.6 Å². The molecule has 1 aromatic rings. The first-order valence-electron chi connectivity index (χ1n) is 5.79. The maximum Gasteiger partial charge on any atom is 0.227 e. The van der Waals surface area contributed by atoms with Gasteiger partial charge in [0.15, 0.2) is 0 Å². The van der Waals surface area contributed by atoms with Crippen molar-refractivity contribution in [1.29, 1.82) is 0 Å². The molecule has 4 heteroatoms. The lowest BCUT2D eigenvalue weighted by Gasteiger charge is -2.20. The number of para-hydroxylation sites is 1. The summed E-state index contributed by atoms with van der Waals surface area (Å²) in [5, 5.41) is 0. The van der Waals surface area contributed by atoms with Crippen molar-refractivity contribution in [3.8, 4) is 0 Å². The predicted octanol–water partition coefficient (Wildman–Crippen LogP) is 1.31. The first kappa shape index (κ1) is 13.5. The molecule has 17 heavy (non-hydrogen) atoms. The molecular formula is C13H20N2O2. The van der Waals surface area contributed by atoms with Crippen LogP contribution in [-0.2, 0) is 16.0 Å². The molecule has 0 radical (unpaired) electrons. The standard InChI is InChI=1S/C13H20N2O2/c1-3-15(8-9-17-2)13(16)10-11-6-4-5-7-12(11)14/h4-7H,3,8-10,14H2,1-2H3. The molecule has 1 rings (SSSR count). The molecule has 0 bridgehead atoms. The number of carbonyl (C=O) groups excluding carboxylic acids is 1. The Labute approximate surface area is 102 Å². The van der Waals surface area contributed by atoms with E-state index in [-0.39, 0.29) is 5.91 Å². The number of likely N-dealkylation sites (N-methyl/N-ethyl adjacent to an activating group) is 1. The van der Waals surface area contributed by atoms with Gasteiger partial charge in [0, 0.05) is 25.9 Å². The Morgan fingerprint density at radius 1 is 1.41 bits per heavy atom. The molecule has 1 aromatic carbocycles. The van der Waals surface area contributed by atoms with Crippen LogP contribution in [0, 0.1) is 0 Å². The van der Waals surface area contributed by atoms with Gasteiger partial charge in [0.2, 0.25) is 5.91 Å². The second-order valence-corrected chi connectivity index (χ2v) is 3.84. The lowest BCUT2D eigenvalue weighted by molar-refractivity contribution is -0.130. The van der Waals surface area contributed by atoms with E-state index < -0.39 is 0 Å². The smallest absolute Gasteiger partial charge is 0.227 e. The molecule has 0 fully saturated rings. The summed E-state index contributed by atoms with van der Waals surface area (Å²) in [6.45, 7) is 3.83. The minimum atomic E-state index is 0.0856. The zero-order valence-corrected chi connectivity index (χ0v) is 10.5. The van der Waals surface area contributed by atoms with Crippen molar-refractivity contribution in [3.63, 3.8) is 0 Å². The number of nitrogens with two attached hydrogens (primary N) is 1. The van der Waals surface area contributed by atoms with E-state index in [4.69, 9.17) is 10.5 Å². The molecule has 0 aliphatic heterocycles. The molecule has 0 unspecified atom stereocenters. The van der Waals surface area contributed by atoms with E-state index in [2.05, 4.69) is 0 Å². The SMILES string of the molecule is CCN(CCOC)C(=O)Cc1ccccc1N. The van der Waals surface area contributed by atoms with Crippen LogP contribution in [-0.4, -0.2) is 37.6 Å². The van der Waals surface area contributed by atoms with Crippen LogP contribution in [0.4, 0.5) is 5.69 Å². The van der Waals surface area contributed by atoms with Gasteiger partial charge in [-0.2, -0.15) is 0 Å². The molecule has 0 aliphatic carbocycles. The molecule has 4 nitrogen and oxygen atoms in total. The van der Waals surface area contributed by atoms with Crippen LogP contribution in [0.1, 0.15) is 12.5 Å². The topological polar surface area (TPSA) is 55.6 Å². The van der Waals surface area contributed by atoms with Crippen molar-refractivity contribution in [2.45, 2.75) is 13.3 Å². The number of benzene rings is 1. The summed E-state index contributed by atoms with van der Waals surface area (Å²) in [7, 11) is 1.63. The highest BCUT2D eigenvalue weighted by Gasteiger charge is 2.12. The summed E-state index contributed by atoms with van der Waals surface area (Å²) in [6.07, 6.45) is 0.351. The van der Waals surface area contributed by atoms with E-state index in [1.807, 2.05) is 31.2 Å². The zero-order chi connectivity index (χ0) is 12.7. The van der Waals surface area contributed by atoms with Crippen LogP contribution in [0.15, 0.2) is 24.3 Å². The highest BCUT2D eigenvalue weighted by Crippen LogP contribution is 2.12. The van der Waals surface area contributed by atoms with Gasteiger partial charge >= 0.3 is 0 Å². The number of hydrogen-bond donors (Lipinski definition) is 1. The van der Waals surface area contributed by atoms with Gasteiger partial charge in [-0.25, -0.2) is 0 Å². The second kappa shape index (κ2) is 6.91.